The summed E-state index contributed by atoms with van der Waals surface area (Å²) in [5.74, 6) is 0.108. The Balaban J connectivity index is 2.06. The number of carbonyl (C=O) groups is 2. The van der Waals surface area contributed by atoms with Gasteiger partial charge in [-0.15, -0.1) is 0 Å². The lowest BCUT2D eigenvalue weighted by atomic mass is 10.2. The first-order valence-corrected chi connectivity index (χ1v) is 8.07. The standard InChI is InChI=1S/C16H18N4O3S/c1-10(24-16-17-7-4-8-18-16)15(22)20-12-5-6-14(23-3)13(9-12)19-11(2)21/h4-10H,1-3H3,(H,19,21)(H,20,22). The van der Waals surface area contributed by atoms with Gasteiger partial charge in [0.25, 0.3) is 0 Å². The number of rotatable bonds is 6. The van der Waals surface area contributed by atoms with Gasteiger partial charge in [0.2, 0.25) is 11.8 Å². The van der Waals surface area contributed by atoms with Gasteiger partial charge in [-0.3, -0.25) is 9.59 Å². The topological polar surface area (TPSA) is 93.2 Å². The fourth-order valence-electron chi connectivity index (χ4n) is 1.87. The number of anilines is 2. The van der Waals surface area contributed by atoms with Crippen LogP contribution in [0.3, 0.4) is 0 Å². The van der Waals surface area contributed by atoms with E-state index in [1.807, 2.05) is 0 Å². The first kappa shape index (κ1) is 17.7. The molecule has 0 spiro atoms. The van der Waals surface area contributed by atoms with Gasteiger partial charge in [-0.1, -0.05) is 11.8 Å². The molecule has 0 bridgehead atoms. The molecule has 2 rings (SSSR count). The largest absolute Gasteiger partial charge is 0.495 e. The number of methoxy groups -OCH3 is 1. The van der Waals surface area contributed by atoms with Crippen molar-refractivity contribution >= 4 is 35.0 Å². The summed E-state index contributed by atoms with van der Waals surface area (Å²) in [4.78, 5) is 31.7. The molecule has 126 valence electrons. The zero-order chi connectivity index (χ0) is 17.5. The van der Waals surface area contributed by atoms with Crippen LogP contribution in [-0.2, 0) is 9.59 Å². The van der Waals surface area contributed by atoms with Gasteiger partial charge in [-0.2, -0.15) is 0 Å². The van der Waals surface area contributed by atoms with E-state index in [1.54, 1.807) is 43.6 Å². The number of aromatic nitrogens is 2. The Morgan fingerprint density at radius 1 is 1.21 bits per heavy atom. The van der Waals surface area contributed by atoms with E-state index >= 15 is 0 Å². The maximum absolute atomic E-state index is 12.3. The van der Waals surface area contributed by atoms with E-state index in [0.717, 1.165) is 0 Å². The molecule has 0 saturated heterocycles. The van der Waals surface area contributed by atoms with Crippen LogP contribution in [0.25, 0.3) is 0 Å². The summed E-state index contributed by atoms with van der Waals surface area (Å²) >= 11 is 1.26. The van der Waals surface area contributed by atoms with Crippen molar-refractivity contribution in [2.24, 2.45) is 0 Å². The normalized spacial score (nSPS) is 11.5. The molecule has 24 heavy (non-hydrogen) atoms. The highest BCUT2D eigenvalue weighted by Crippen LogP contribution is 2.28. The van der Waals surface area contributed by atoms with Crippen molar-refractivity contribution in [1.82, 2.24) is 9.97 Å². The quantitative estimate of drug-likeness (QED) is 0.617. The molecule has 2 amide bonds. The van der Waals surface area contributed by atoms with Crippen molar-refractivity contribution in [3.8, 4) is 5.75 Å². The fraction of sp³-hybridized carbons (Fsp3) is 0.250. The molecular formula is C16H18N4O3S. The van der Waals surface area contributed by atoms with Crippen LogP contribution in [0, 0.1) is 0 Å². The average Bonchev–Trinajstić information content (AvgIpc) is 2.55. The highest BCUT2D eigenvalue weighted by Gasteiger charge is 2.16. The van der Waals surface area contributed by atoms with Crippen LogP contribution >= 0.6 is 11.8 Å². The molecule has 0 fully saturated rings. The summed E-state index contributed by atoms with van der Waals surface area (Å²) in [6, 6.07) is 6.75. The Bertz CT molecular complexity index is 725. The third-order valence-electron chi connectivity index (χ3n) is 2.97. The Hall–Kier alpha value is -2.61. The molecule has 1 heterocycles. The summed E-state index contributed by atoms with van der Waals surface area (Å²) in [5.41, 5.74) is 1.06. The van der Waals surface area contributed by atoms with Gasteiger partial charge < -0.3 is 15.4 Å². The second kappa shape index (κ2) is 8.30. The molecule has 2 aromatic rings. The van der Waals surface area contributed by atoms with E-state index in [1.165, 1.54) is 25.8 Å². The smallest absolute Gasteiger partial charge is 0.237 e. The molecule has 1 aromatic heterocycles. The predicted octanol–water partition coefficient (Wildman–Crippen LogP) is 2.56. The van der Waals surface area contributed by atoms with Crippen LogP contribution in [0.1, 0.15) is 13.8 Å². The number of amides is 2. The van der Waals surface area contributed by atoms with Gasteiger partial charge in [0, 0.05) is 25.0 Å². The maximum atomic E-state index is 12.3. The number of benzene rings is 1. The van der Waals surface area contributed by atoms with Crippen LogP contribution in [0.5, 0.6) is 5.75 Å². The molecule has 0 aliphatic carbocycles. The number of thioether (sulfide) groups is 1. The Morgan fingerprint density at radius 3 is 2.54 bits per heavy atom. The van der Waals surface area contributed by atoms with E-state index in [4.69, 9.17) is 4.74 Å². The highest BCUT2D eigenvalue weighted by atomic mass is 32.2. The lowest BCUT2D eigenvalue weighted by molar-refractivity contribution is -0.115. The van der Waals surface area contributed by atoms with Crippen molar-refractivity contribution in [2.45, 2.75) is 24.3 Å². The second-order valence-electron chi connectivity index (χ2n) is 4.88. The average molecular weight is 346 g/mol. The van der Waals surface area contributed by atoms with E-state index in [-0.39, 0.29) is 17.1 Å². The number of nitrogens with zero attached hydrogens (tertiary/aromatic N) is 2. The number of hydrogen-bond acceptors (Lipinski definition) is 6. The first-order chi connectivity index (χ1) is 11.5. The van der Waals surface area contributed by atoms with Gasteiger partial charge in [-0.25, -0.2) is 9.97 Å². The van der Waals surface area contributed by atoms with Crippen LogP contribution in [0.2, 0.25) is 0 Å². The zero-order valence-electron chi connectivity index (χ0n) is 13.6. The number of ether oxygens (including phenoxy) is 1. The minimum absolute atomic E-state index is 0.189. The van der Waals surface area contributed by atoms with Crippen molar-refractivity contribution in [2.75, 3.05) is 17.7 Å². The molecule has 1 unspecified atom stereocenters. The third-order valence-corrected chi connectivity index (χ3v) is 3.96. The molecule has 8 heteroatoms. The van der Waals surface area contributed by atoms with Crippen LogP contribution < -0.4 is 15.4 Å². The first-order valence-electron chi connectivity index (χ1n) is 7.19. The predicted molar refractivity (Wildman–Crippen MR) is 93.3 cm³/mol. The lowest BCUT2D eigenvalue weighted by Crippen LogP contribution is -2.22. The SMILES string of the molecule is COc1ccc(NC(=O)C(C)Sc2ncccn2)cc1NC(C)=O. The van der Waals surface area contributed by atoms with Crippen LogP contribution in [0.15, 0.2) is 41.8 Å². The number of nitrogens with one attached hydrogen (secondary N) is 2. The van der Waals surface area contributed by atoms with Gasteiger partial charge in [0.05, 0.1) is 18.0 Å². The summed E-state index contributed by atoms with van der Waals surface area (Å²) in [7, 11) is 1.51. The maximum Gasteiger partial charge on any atom is 0.237 e. The molecule has 0 saturated carbocycles. The van der Waals surface area contributed by atoms with Crippen molar-refractivity contribution in [3.63, 3.8) is 0 Å². The van der Waals surface area contributed by atoms with E-state index in [2.05, 4.69) is 20.6 Å². The molecule has 7 nitrogen and oxygen atoms in total. The lowest BCUT2D eigenvalue weighted by Gasteiger charge is -2.14. The summed E-state index contributed by atoms with van der Waals surface area (Å²) < 4.78 is 5.18. The summed E-state index contributed by atoms with van der Waals surface area (Å²) in [5, 5.41) is 5.63. The van der Waals surface area contributed by atoms with Gasteiger partial charge >= 0.3 is 0 Å². The van der Waals surface area contributed by atoms with Crippen LogP contribution in [0.4, 0.5) is 11.4 Å². The highest BCUT2D eigenvalue weighted by molar-refractivity contribution is 8.00. The van der Waals surface area contributed by atoms with Gasteiger partial charge in [-0.05, 0) is 31.2 Å². The fourth-order valence-corrected chi connectivity index (χ4v) is 2.60. The molecule has 2 N–H and O–H groups in total. The van der Waals surface area contributed by atoms with E-state index in [9.17, 15) is 9.59 Å². The molecule has 0 aliphatic heterocycles. The molecule has 0 aliphatic rings. The van der Waals surface area contributed by atoms with Crippen molar-refractivity contribution in [3.05, 3.63) is 36.7 Å². The zero-order valence-corrected chi connectivity index (χ0v) is 14.4. The monoisotopic (exact) mass is 346 g/mol. The second-order valence-corrected chi connectivity index (χ2v) is 6.18. The Kier molecular flexibility index (Phi) is 6.14. The van der Waals surface area contributed by atoms with E-state index < -0.39 is 0 Å². The molecule has 1 atom stereocenters. The van der Waals surface area contributed by atoms with Crippen molar-refractivity contribution in [1.29, 1.82) is 0 Å². The van der Waals surface area contributed by atoms with Gasteiger partial charge in [0.1, 0.15) is 5.75 Å². The molecule has 0 radical (unpaired) electrons. The molecular weight excluding hydrogens is 328 g/mol. The summed E-state index contributed by atoms with van der Waals surface area (Å²) in [6.45, 7) is 3.18. The Morgan fingerprint density at radius 2 is 1.92 bits per heavy atom. The van der Waals surface area contributed by atoms with Crippen molar-refractivity contribution < 1.29 is 14.3 Å². The van der Waals surface area contributed by atoms with Gasteiger partial charge in [0.15, 0.2) is 5.16 Å². The Labute approximate surface area is 144 Å². The number of carbonyl (C=O) groups excluding carboxylic acids is 2. The number of hydrogen-bond donors (Lipinski definition) is 2. The van der Waals surface area contributed by atoms with Crippen LogP contribution in [-0.4, -0.2) is 34.1 Å². The minimum atomic E-state index is -0.376. The minimum Gasteiger partial charge on any atom is -0.495 e. The van der Waals surface area contributed by atoms with E-state index in [0.29, 0.717) is 22.3 Å². The third kappa shape index (κ3) is 4.95. The summed E-state index contributed by atoms with van der Waals surface area (Å²) in [6.07, 6.45) is 3.26. The molecule has 1 aromatic carbocycles.